The van der Waals surface area contributed by atoms with Gasteiger partial charge < -0.3 is 10.1 Å². The zero-order valence-corrected chi connectivity index (χ0v) is 12.5. The zero-order chi connectivity index (χ0) is 15.7. The van der Waals surface area contributed by atoms with Crippen molar-refractivity contribution in [1.82, 2.24) is 10.2 Å². The number of halogens is 3. The van der Waals surface area contributed by atoms with Gasteiger partial charge in [-0.3, -0.25) is 9.69 Å². The molecule has 2 fully saturated rings. The average molecular weight is 308 g/mol. The van der Waals surface area contributed by atoms with Gasteiger partial charge in [-0.1, -0.05) is 6.92 Å². The second-order valence-corrected chi connectivity index (χ2v) is 6.02. The number of nitrogens with zero attached hydrogens (tertiary/aromatic N) is 1. The van der Waals surface area contributed by atoms with E-state index < -0.39 is 18.3 Å². The number of carbonyl (C=O) groups is 1. The Kier molecular flexibility index (Phi) is 4.82. The lowest BCUT2D eigenvalue weighted by Crippen LogP contribution is -2.52. The molecular formula is C14H23F3N2O2. The van der Waals surface area contributed by atoms with Crippen LogP contribution in [-0.2, 0) is 9.53 Å². The lowest BCUT2D eigenvalue weighted by molar-refractivity contribution is -0.153. The summed E-state index contributed by atoms with van der Waals surface area (Å²) in [6.45, 7) is 1.59. The van der Waals surface area contributed by atoms with E-state index in [4.69, 9.17) is 4.74 Å². The molecule has 7 heteroatoms. The van der Waals surface area contributed by atoms with Crippen LogP contribution in [0.15, 0.2) is 0 Å². The van der Waals surface area contributed by atoms with Crippen LogP contribution >= 0.6 is 0 Å². The van der Waals surface area contributed by atoms with E-state index in [1.807, 2.05) is 6.92 Å². The van der Waals surface area contributed by atoms with Gasteiger partial charge in [-0.2, -0.15) is 13.2 Å². The maximum absolute atomic E-state index is 12.8. The first-order chi connectivity index (χ1) is 9.81. The van der Waals surface area contributed by atoms with Gasteiger partial charge in [0, 0.05) is 12.1 Å². The van der Waals surface area contributed by atoms with Crippen molar-refractivity contribution in [3.63, 3.8) is 0 Å². The molecule has 0 aromatic heterocycles. The van der Waals surface area contributed by atoms with E-state index in [1.165, 1.54) is 7.11 Å². The lowest BCUT2D eigenvalue weighted by Gasteiger charge is -2.32. The molecule has 0 aliphatic heterocycles. The number of carbonyl (C=O) groups excluding carboxylic acids is 1. The van der Waals surface area contributed by atoms with Crippen molar-refractivity contribution in [3.8, 4) is 0 Å². The molecule has 2 aliphatic carbocycles. The Morgan fingerprint density at radius 3 is 2.48 bits per heavy atom. The van der Waals surface area contributed by atoms with Crippen molar-refractivity contribution in [2.45, 2.75) is 62.8 Å². The van der Waals surface area contributed by atoms with Crippen LogP contribution in [0, 0.1) is 0 Å². The molecule has 0 bridgehead atoms. The van der Waals surface area contributed by atoms with Gasteiger partial charge in [-0.05, 0) is 38.6 Å². The summed E-state index contributed by atoms with van der Waals surface area (Å²) in [4.78, 5) is 13.6. The number of esters is 1. The van der Waals surface area contributed by atoms with Gasteiger partial charge in [0.05, 0.1) is 13.7 Å². The highest BCUT2D eigenvalue weighted by molar-refractivity contribution is 5.81. The molecule has 0 amide bonds. The van der Waals surface area contributed by atoms with Crippen LogP contribution in [0.5, 0.6) is 0 Å². The molecule has 2 saturated carbocycles. The van der Waals surface area contributed by atoms with Crippen molar-refractivity contribution in [3.05, 3.63) is 0 Å². The van der Waals surface area contributed by atoms with E-state index >= 15 is 0 Å². The van der Waals surface area contributed by atoms with Crippen molar-refractivity contribution >= 4 is 5.97 Å². The van der Waals surface area contributed by atoms with E-state index in [-0.39, 0.29) is 18.1 Å². The van der Waals surface area contributed by atoms with Gasteiger partial charge in [0.1, 0.15) is 5.54 Å². The lowest BCUT2D eigenvalue weighted by atomic mass is 9.97. The Hall–Kier alpha value is -0.820. The maximum atomic E-state index is 12.8. The Bertz CT molecular complexity index is 385. The summed E-state index contributed by atoms with van der Waals surface area (Å²) in [5.41, 5.74) is -0.826. The highest BCUT2D eigenvalue weighted by Gasteiger charge is 2.51. The minimum atomic E-state index is -4.20. The fourth-order valence-corrected chi connectivity index (χ4v) is 3.42. The average Bonchev–Trinajstić information content (AvgIpc) is 3.16. The first kappa shape index (κ1) is 16.5. The first-order valence-corrected chi connectivity index (χ1v) is 7.47. The number of rotatable bonds is 6. The molecule has 21 heavy (non-hydrogen) atoms. The molecule has 0 aromatic carbocycles. The van der Waals surface area contributed by atoms with Crippen molar-refractivity contribution in [2.75, 3.05) is 20.2 Å². The van der Waals surface area contributed by atoms with Gasteiger partial charge in [-0.15, -0.1) is 0 Å². The number of alkyl halides is 3. The Morgan fingerprint density at radius 2 is 2.00 bits per heavy atom. The number of ether oxygens (including phenoxy) is 1. The quantitative estimate of drug-likeness (QED) is 0.763. The third-order valence-corrected chi connectivity index (χ3v) is 4.43. The van der Waals surface area contributed by atoms with Crippen LogP contribution in [0.1, 0.15) is 39.0 Å². The zero-order valence-electron chi connectivity index (χ0n) is 12.5. The summed E-state index contributed by atoms with van der Waals surface area (Å²) in [5.74, 6) is -0.366. The number of methoxy groups -OCH3 is 1. The molecule has 2 rings (SSSR count). The van der Waals surface area contributed by atoms with Crippen molar-refractivity contribution < 1.29 is 22.7 Å². The molecule has 2 aliphatic rings. The molecule has 0 radical (unpaired) electrons. The number of hydrogen-bond donors (Lipinski definition) is 1. The first-order valence-electron chi connectivity index (χ1n) is 7.47. The van der Waals surface area contributed by atoms with E-state index in [0.717, 1.165) is 12.8 Å². The molecule has 0 saturated heterocycles. The molecule has 2 unspecified atom stereocenters. The van der Waals surface area contributed by atoms with E-state index in [1.54, 1.807) is 4.90 Å². The summed E-state index contributed by atoms with van der Waals surface area (Å²) >= 11 is 0. The number of hydrogen-bond acceptors (Lipinski definition) is 4. The van der Waals surface area contributed by atoms with Crippen LogP contribution in [0.25, 0.3) is 0 Å². The van der Waals surface area contributed by atoms with Crippen molar-refractivity contribution in [2.24, 2.45) is 0 Å². The summed E-state index contributed by atoms with van der Waals surface area (Å²) in [6, 6.07) is -0.191. The normalized spacial score (nSPS) is 29.9. The van der Waals surface area contributed by atoms with Crippen molar-refractivity contribution in [1.29, 1.82) is 0 Å². The maximum Gasteiger partial charge on any atom is 0.401 e. The molecule has 0 spiro atoms. The second kappa shape index (κ2) is 6.12. The Labute approximate surface area is 123 Å². The fraction of sp³-hybridized carbons (Fsp3) is 0.929. The highest BCUT2D eigenvalue weighted by atomic mass is 19.4. The predicted octanol–water partition coefficient (Wildman–Crippen LogP) is 2.09. The molecular weight excluding hydrogens is 285 g/mol. The molecule has 0 heterocycles. The van der Waals surface area contributed by atoms with Crippen LogP contribution in [-0.4, -0.2) is 54.9 Å². The second-order valence-electron chi connectivity index (χ2n) is 6.02. The third kappa shape index (κ3) is 3.88. The van der Waals surface area contributed by atoms with Crippen LogP contribution < -0.4 is 5.32 Å². The molecule has 0 aromatic rings. The topological polar surface area (TPSA) is 41.6 Å². The molecule has 122 valence electrons. The summed E-state index contributed by atoms with van der Waals surface area (Å²) < 4.78 is 43.1. The van der Waals surface area contributed by atoms with Gasteiger partial charge in [0.25, 0.3) is 0 Å². The number of nitrogens with one attached hydrogen (secondary N) is 1. The number of likely N-dealkylation sites (N-methyl/N-ethyl adjacent to an activating group) is 1. The third-order valence-electron chi connectivity index (χ3n) is 4.43. The Morgan fingerprint density at radius 1 is 1.33 bits per heavy atom. The SMILES string of the molecule is CCNC1(C(=O)OC)CCC(N(CC(F)(F)F)C2CC2)C1. The molecule has 4 nitrogen and oxygen atoms in total. The Balaban J connectivity index is 2.08. The largest absolute Gasteiger partial charge is 0.468 e. The van der Waals surface area contributed by atoms with Gasteiger partial charge >= 0.3 is 12.1 Å². The monoisotopic (exact) mass is 308 g/mol. The summed E-state index contributed by atoms with van der Waals surface area (Å²) in [5, 5.41) is 3.13. The summed E-state index contributed by atoms with van der Waals surface area (Å²) in [6.07, 6.45) is -1.05. The van der Waals surface area contributed by atoms with E-state index in [2.05, 4.69) is 5.32 Å². The minimum Gasteiger partial charge on any atom is -0.468 e. The van der Waals surface area contributed by atoms with Crippen LogP contribution in [0.4, 0.5) is 13.2 Å². The smallest absolute Gasteiger partial charge is 0.401 e. The minimum absolute atomic E-state index is 0.0201. The van der Waals surface area contributed by atoms with Crippen LogP contribution in [0.2, 0.25) is 0 Å². The predicted molar refractivity (Wildman–Crippen MR) is 71.8 cm³/mol. The molecule has 1 N–H and O–H groups in total. The highest BCUT2D eigenvalue weighted by Crippen LogP contribution is 2.40. The molecule has 2 atom stereocenters. The fourth-order valence-electron chi connectivity index (χ4n) is 3.42. The van der Waals surface area contributed by atoms with Gasteiger partial charge in [0.15, 0.2) is 0 Å². The van der Waals surface area contributed by atoms with Crippen LogP contribution in [0.3, 0.4) is 0 Å². The summed E-state index contributed by atoms with van der Waals surface area (Å²) in [7, 11) is 1.32. The van der Waals surface area contributed by atoms with E-state index in [0.29, 0.717) is 25.8 Å². The standard InChI is InChI=1S/C14H23F3N2O2/c1-3-18-13(12(20)21-2)7-6-11(8-13)19(10-4-5-10)9-14(15,16)17/h10-11,18H,3-9H2,1-2H3. The van der Waals surface area contributed by atoms with Gasteiger partial charge in [-0.25, -0.2) is 0 Å². The van der Waals surface area contributed by atoms with E-state index in [9.17, 15) is 18.0 Å². The van der Waals surface area contributed by atoms with Gasteiger partial charge in [0.2, 0.25) is 0 Å².